The van der Waals surface area contributed by atoms with Gasteiger partial charge in [0.05, 0.1) is 12.7 Å². The lowest BCUT2D eigenvalue weighted by molar-refractivity contribution is 0.0859. The lowest BCUT2D eigenvalue weighted by Gasteiger charge is -2.11. The Hall–Kier alpha value is -2.73. The second-order valence-corrected chi connectivity index (χ2v) is 6.30. The molecule has 1 saturated heterocycles. The summed E-state index contributed by atoms with van der Waals surface area (Å²) in [4.78, 5) is 12.8. The van der Waals surface area contributed by atoms with E-state index in [0.717, 1.165) is 17.1 Å². The molecule has 6 nitrogen and oxygen atoms in total. The molecule has 0 aliphatic carbocycles. The third kappa shape index (κ3) is 2.49. The number of fused-ring (bicyclic) bond motifs is 2. The molecule has 0 radical (unpaired) electrons. The minimum absolute atomic E-state index is 0.0709. The molecule has 2 aromatic carbocycles. The minimum Gasteiger partial charge on any atom is -0.454 e. The highest BCUT2D eigenvalue weighted by Crippen LogP contribution is 2.40. The number of carbonyl (C=O) groups excluding carboxylic acids is 1. The van der Waals surface area contributed by atoms with Gasteiger partial charge in [0.25, 0.3) is 0 Å². The summed E-state index contributed by atoms with van der Waals surface area (Å²) in [6, 6.07) is 11.1. The highest BCUT2D eigenvalue weighted by Gasteiger charge is 2.33. The van der Waals surface area contributed by atoms with Crippen LogP contribution in [-0.2, 0) is 4.74 Å². The van der Waals surface area contributed by atoms with Crippen LogP contribution in [0, 0.1) is 5.92 Å². The zero-order valence-corrected chi connectivity index (χ0v) is 13.4. The first-order chi connectivity index (χ1) is 12.3. The molecule has 25 heavy (non-hydrogen) atoms. The van der Waals surface area contributed by atoms with Crippen molar-refractivity contribution in [2.75, 3.05) is 20.2 Å². The molecule has 0 unspecified atom stereocenters. The third-order valence-electron chi connectivity index (χ3n) is 4.79. The van der Waals surface area contributed by atoms with E-state index >= 15 is 0 Å². The Morgan fingerprint density at radius 2 is 1.52 bits per heavy atom. The average molecular weight is 340 g/mol. The molecule has 3 aliphatic rings. The van der Waals surface area contributed by atoms with Crippen molar-refractivity contribution in [2.45, 2.75) is 12.5 Å². The van der Waals surface area contributed by atoms with Gasteiger partial charge in [-0.15, -0.1) is 0 Å². The first-order valence-corrected chi connectivity index (χ1v) is 8.23. The first-order valence-electron chi connectivity index (χ1n) is 8.23. The number of hydrogen-bond donors (Lipinski definition) is 0. The van der Waals surface area contributed by atoms with Gasteiger partial charge in [0.1, 0.15) is 0 Å². The zero-order valence-electron chi connectivity index (χ0n) is 13.4. The molecule has 0 bridgehead atoms. The molecule has 0 aromatic heterocycles. The monoisotopic (exact) mass is 340 g/mol. The molecule has 0 N–H and O–H groups in total. The third-order valence-corrected chi connectivity index (χ3v) is 4.79. The summed E-state index contributed by atoms with van der Waals surface area (Å²) < 4.78 is 27.3. The number of rotatable bonds is 3. The summed E-state index contributed by atoms with van der Waals surface area (Å²) in [5.41, 5.74) is 1.63. The van der Waals surface area contributed by atoms with E-state index in [1.165, 1.54) is 0 Å². The van der Waals surface area contributed by atoms with Crippen molar-refractivity contribution < 1.29 is 28.5 Å². The van der Waals surface area contributed by atoms with Crippen LogP contribution in [0.1, 0.15) is 28.4 Å². The minimum atomic E-state index is -0.171. The number of carbonyl (C=O) groups is 1. The van der Waals surface area contributed by atoms with Crippen molar-refractivity contribution in [2.24, 2.45) is 5.92 Å². The molecule has 128 valence electrons. The highest BCUT2D eigenvalue weighted by atomic mass is 16.7. The van der Waals surface area contributed by atoms with E-state index in [4.69, 9.17) is 23.7 Å². The van der Waals surface area contributed by atoms with Crippen molar-refractivity contribution in [3.63, 3.8) is 0 Å². The Morgan fingerprint density at radius 3 is 2.32 bits per heavy atom. The smallest absolute Gasteiger partial charge is 0.231 e. The fraction of sp³-hybridized carbons (Fsp3) is 0.316. The van der Waals surface area contributed by atoms with Crippen LogP contribution in [0.3, 0.4) is 0 Å². The summed E-state index contributed by atoms with van der Waals surface area (Å²) in [6.07, 6.45) is 0.532. The molecule has 3 aliphatic heterocycles. The van der Waals surface area contributed by atoms with Crippen LogP contribution < -0.4 is 18.9 Å². The number of ketones is 1. The van der Waals surface area contributed by atoms with E-state index in [9.17, 15) is 4.79 Å². The van der Waals surface area contributed by atoms with E-state index in [0.29, 0.717) is 30.1 Å². The predicted octanol–water partition coefficient (Wildman–Crippen LogP) is 3.10. The number of ether oxygens (including phenoxy) is 5. The molecular formula is C19H16O6. The van der Waals surface area contributed by atoms with E-state index in [1.54, 1.807) is 18.2 Å². The number of hydrogen-bond acceptors (Lipinski definition) is 6. The summed E-state index contributed by atoms with van der Waals surface area (Å²) in [6.45, 7) is 0.855. The van der Waals surface area contributed by atoms with Crippen molar-refractivity contribution in [1.29, 1.82) is 0 Å². The summed E-state index contributed by atoms with van der Waals surface area (Å²) >= 11 is 0. The zero-order chi connectivity index (χ0) is 16.8. The fourth-order valence-corrected chi connectivity index (χ4v) is 3.44. The van der Waals surface area contributed by atoms with Gasteiger partial charge in [0.15, 0.2) is 28.8 Å². The second-order valence-electron chi connectivity index (χ2n) is 6.30. The Labute approximate surface area is 144 Å². The van der Waals surface area contributed by atoms with Crippen molar-refractivity contribution >= 4 is 5.78 Å². The topological polar surface area (TPSA) is 63.2 Å². The van der Waals surface area contributed by atoms with Crippen LogP contribution in [-0.4, -0.2) is 26.0 Å². The van der Waals surface area contributed by atoms with Crippen LogP contribution in [0.4, 0.5) is 0 Å². The van der Waals surface area contributed by atoms with E-state index in [-0.39, 0.29) is 31.4 Å². The summed E-state index contributed by atoms with van der Waals surface area (Å²) in [5, 5.41) is 0. The largest absolute Gasteiger partial charge is 0.454 e. The molecule has 3 heterocycles. The maximum Gasteiger partial charge on any atom is 0.231 e. The summed E-state index contributed by atoms with van der Waals surface area (Å²) in [5.74, 6) is 2.67. The van der Waals surface area contributed by atoms with Crippen molar-refractivity contribution in [3.05, 3.63) is 47.5 Å². The average Bonchev–Trinajstić information content (AvgIpc) is 3.39. The Morgan fingerprint density at radius 1 is 0.840 bits per heavy atom. The molecule has 0 amide bonds. The van der Waals surface area contributed by atoms with Crippen LogP contribution in [0.5, 0.6) is 23.0 Å². The lowest BCUT2D eigenvalue weighted by Crippen LogP contribution is -2.14. The van der Waals surface area contributed by atoms with Gasteiger partial charge in [0.2, 0.25) is 13.6 Å². The molecule has 2 atom stereocenters. The molecule has 5 rings (SSSR count). The Bertz CT molecular complexity index is 846. The predicted molar refractivity (Wildman–Crippen MR) is 86.3 cm³/mol. The Kier molecular flexibility index (Phi) is 3.31. The number of Topliss-reactive ketones (excluding diaryl/α,β-unsaturated/α-hetero) is 1. The van der Waals surface area contributed by atoms with E-state index in [1.807, 2.05) is 18.2 Å². The van der Waals surface area contributed by atoms with Gasteiger partial charge < -0.3 is 23.7 Å². The Balaban J connectivity index is 1.32. The lowest BCUT2D eigenvalue weighted by atomic mass is 9.93. The normalized spacial score (nSPS) is 23.0. The van der Waals surface area contributed by atoms with Gasteiger partial charge in [-0.05, 0) is 42.3 Å². The van der Waals surface area contributed by atoms with Crippen molar-refractivity contribution in [3.8, 4) is 23.0 Å². The molecule has 0 spiro atoms. The van der Waals surface area contributed by atoms with Crippen LogP contribution >= 0.6 is 0 Å². The quantitative estimate of drug-likeness (QED) is 0.800. The van der Waals surface area contributed by atoms with Gasteiger partial charge >= 0.3 is 0 Å². The highest BCUT2D eigenvalue weighted by molar-refractivity contribution is 5.98. The van der Waals surface area contributed by atoms with E-state index in [2.05, 4.69) is 0 Å². The maximum absolute atomic E-state index is 12.8. The molecular weight excluding hydrogens is 324 g/mol. The maximum atomic E-state index is 12.8. The van der Waals surface area contributed by atoms with Crippen molar-refractivity contribution in [1.82, 2.24) is 0 Å². The molecule has 0 saturated carbocycles. The van der Waals surface area contributed by atoms with Gasteiger partial charge in [0, 0.05) is 11.5 Å². The second kappa shape index (κ2) is 5.67. The SMILES string of the molecule is O=C(c1ccc2c(c1)OCO2)[C@H]1CO[C@@H](c2ccc3c(c2)OCO3)C1. The van der Waals surface area contributed by atoms with Crippen LogP contribution in [0.25, 0.3) is 0 Å². The molecule has 1 fully saturated rings. The van der Waals surface area contributed by atoms with Crippen LogP contribution in [0.15, 0.2) is 36.4 Å². The standard InChI is InChI=1S/C19H16O6/c20-19(12-2-4-15-18(6-12)25-10-23-15)13-7-16(21-8-13)11-1-3-14-17(5-11)24-9-22-14/h1-6,13,16H,7-10H2/t13-,16-/m1/s1. The first kappa shape index (κ1) is 14.6. The summed E-state index contributed by atoms with van der Waals surface area (Å²) in [7, 11) is 0. The fourth-order valence-electron chi connectivity index (χ4n) is 3.44. The van der Waals surface area contributed by atoms with E-state index < -0.39 is 0 Å². The van der Waals surface area contributed by atoms with Gasteiger partial charge in [-0.25, -0.2) is 0 Å². The van der Waals surface area contributed by atoms with Gasteiger partial charge in [-0.1, -0.05) is 6.07 Å². The van der Waals surface area contributed by atoms with Gasteiger partial charge in [-0.3, -0.25) is 4.79 Å². The van der Waals surface area contributed by atoms with Crippen LogP contribution in [0.2, 0.25) is 0 Å². The van der Waals surface area contributed by atoms with Gasteiger partial charge in [-0.2, -0.15) is 0 Å². The molecule has 6 heteroatoms. The number of benzene rings is 2. The molecule has 2 aromatic rings.